The zero-order valence-electron chi connectivity index (χ0n) is 16.3. The normalized spacial score (nSPS) is 14.6. The highest BCUT2D eigenvalue weighted by Gasteiger charge is 2.35. The summed E-state index contributed by atoms with van der Waals surface area (Å²) in [5.41, 5.74) is 2.27. The highest BCUT2D eigenvalue weighted by atomic mass is 16.5. The number of nitrogens with zero attached hydrogens (tertiary/aromatic N) is 1. The Morgan fingerprint density at radius 2 is 1.44 bits per heavy atom. The number of carbonyl (C=O) groups excluding carboxylic acids is 2. The van der Waals surface area contributed by atoms with Crippen LogP contribution in [-0.2, 0) is 0 Å². The molecule has 0 N–H and O–H groups in total. The molecule has 4 nitrogen and oxygen atoms in total. The van der Waals surface area contributed by atoms with E-state index in [1.54, 1.807) is 31.4 Å². The Kier molecular flexibility index (Phi) is 5.94. The second-order valence-electron chi connectivity index (χ2n) is 7.54. The van der Waals surface area contributed by atoms with Crippen LogP contribution in [0.1, 0.15) is 65.3 Å². The topological polar surface area (TPSA) is 46.6 Å². The summed E-state index contributed by atoms with van der Waals surface area (Å²) in [5.74, 6) is 1.41. The van der Waals surface area contributed by atoms with Crippen LogP contribution in [0.2, 0.25) is 0 Å². The van der Waals surface area contributed by atoms with Crippen molar-refractivity contribution >= 4 is 11.8 Å². The first-order valence-corrected chi connectivity index (χ1v) is 9.60. The lowest BCUT2D eigenvalue weighted by molar-refractivity contribution is 0.0649. The predicted octanol–water partition coefficient (Wildman–Crippen LogP) is 4.90. The van der Waals surface area contributed by atoms with Gasteiger partial charge in [0.1, 0.15) is 5.75 Å². The molecule has 27 heavy (non-hydrogen) atoms. The van der Waals surface area contributed by atoms with E-state index in [0.717, 1.165) is 25.0 Å². The van der Waals surface area contributed by atoms with Crippen molar-refractivity contribution in [3.8, 4) is 5.75 Å². The zero-order valence-corrected chi connectivity index (χ0v) is 16.3. The van der Waals surface area contributed by atoms with Crippen molar-refractivity contribution < 1.29 is 14.3 Å². The van der Waals surface area contributed by atoms with Crippen LogP contribution in [-0.4, -0.2) is 30.4 Å². The molecular formula is C23H27NO3. The summed E-state index contributed by atoms with van der Waals surface area (Å²) >= 11 is 0. The van der Waals surface area contributed by atoms with Crippen molar-refractivity contribution in [2.45, 2.75) is 39.0 Å². The Labute approximate surface area is 161 Å². The lowest BCUT2D eigenvalue weighted by Crippen LogP contribution is -2.31. The van der Waals surface area contributed by atoms with E-state index in [1.165, 1.54) is 10.5 Å². The molecule has 1 heterocycles. The summed E-state index contributed by atoms with van der Waals surface area (Å²) in [7, 11) is 1.66. The Hall–Kier alpha value is -2.62. The second kappa shape index (κ2) is 8.38. The Bertz CT molecular complexity index is 776. The van der Waals surface area contributed by atoms with Crippen molar-refractivity contribution in [2.75, 3.05) is 13.7 Å². The summed E-state index contributed by atoms with van der Waals surface area (Å²) in [6, 6.07) is 15.2. The van der Waals surface area contributed by atoms with Gasteiger partial charge < -0.3 is 4.74 Å². The van der Waals surface area contributed by atoms with Crippen LogP contribution in [0, 0.1) is 5.92 Å². The number of hydrogen-bond acceptors (Lipinski definition) is 3. The van der Waals surface area contributed by atoms with Crippen LogP contribution >= 0.6 is 0 Å². The molecule has 0 radical (unpaired) electrons. The molecular weight excluding hydrogens is 338 g/mol. The number of methoxy groups -OCH3 is 1. The quantitative estimate of drug-likeness (QED) is 0.625. The van der Waals surface area contributed by atoms with E-state index in [9.17, 15) is 9.59 Å². The molecule has 1 atom stereocenters. The number of amides is 2. The lowest BCUT2D eigenvalue weighted by Gasteiger charge is -2.22. The Morgan fingerprint density at radius 3 is 1.96 bits per heavy atom. The maximum atomic E-state index is 12.6. The number of imide groups is 1. The molecule has 0 fully saturated rings. The molecule has 0 saturated heterocycles. The zero-order chi connectivity index (χ0) is 19.4. The van der Waals surface area contributed by atoms with Crippen LogP contribution < -0.4 is 4.74 Å². The molecule has 0 saturated carbocycles. The molecule has 142 valence electrons. The molecule has 0 unspecified atom stereocenters. The minimum Gasteiger partial charge on any atom is -0.497 e. The first kappa shape index (κ1) is 19.2. The minimum atomic E-state index is -0.173. The fourth-order valence-electron chi connectivity index (χ4n) is 3.62. The number of rotatable bonds is 8. The molecule has 0 aliphatic carbocycles. The van der Waals surface area contributed by atoms with Crippen molar-refractivity contribution in [1.29, 1.82) is 0 Å². The van der Waals surface area contributed by atoms with E-state index in [0.29, 0.717) is 29.5 Å². The van der Waals surface area contributed by atoms with Gasteiger partial charge in [0.25, 0.3) is 11.8 Å². The first-order chi connectivity index (χ1) is 13.0. The van der Waals surface area contributed by atoms with E-state index < -0.39 is 0 Å². The van der Waals surface area contributed by atoms with Crippen molar-refractivity contribution in [3.05, 3.63) is 65.2 Å². The summed E-state index contributed by atoms with van der Waals surface area (Å²) < 4.78 is 5.25. The first-order valence-electron chi connectivity index (χ1n) is 9.60. The molecule has 0 aromatic heterocycles. The predicted molar refractivity (Wildman–Crippen MR) is 106 cm³/mol. The summed E-state index contributed by atoms with van der Waals surface area (Å²) in [5, 5.41) is 0. The molecule has 4 heteroatoms. The van der Waals surface area contributed by atoms with Gasteiger partial charge in [-0.3, -0.25) is 14.5 Å². The standard InChI is InChI=1S/C23H27NO3/c1-16(2)8-9-18(17-10-12-19(27-3)13-11-17)14-15-24-22(25)20-6-4-5-7-21(20)23(24)26/h4-7,10-13,16,18H,8-9,14-15H2,1-3H3/t18-/m1/s1. The average molecular weight is 365 g/mol. The van der Waals surface area contributed by atoms with Crippen LogP contribution in [0.25, 0.3) is 0 Å². The van der Waals surface area contributed by atoms with Crippen LogP contribution in [0.4, 0.5) is 0 Å². The van der Waals surface area contributed by atoms with Crippen LogP contribution in [0.3, 0.4) is 0 Å². The van der Waals surface area contributed by atoms with Gasteiger partial charge in [-0.15, -0.1) is 0 Å². The average Bonchev–Trinajstić information content (AvgIpc) is 2.93. The molecule has 3 rings (SSSR count). The second-order valence-corrected chi connectivity index (χ2v) is 7.54. The maximum Gasteiger partial charge on any atom is 0.261 e. The van der Waals surface area contributed by atoms with Crippen molar-refractivity contribution in [2.24, 2.45) is 5.92 Å². The van der Waals surface area contributed by atoms with Crippen LogP contribution in [0.5, 0.6) is 5.75 Å². The van der Waals surface area contributed by atoms with E-state index in [1.807, 2.05) is 12.1 Å². The molecule has 2 amide bonds. The van der Waals surface area contributed by atoms with Gasteiger partial charge in [0.2, 0.25) is 0 Å². The van der Waals surface area contributed by atoms with Crippen molar-refractivity contribution in [3.63, 3.8) is 0 Å². The highest BCUT2D eigenvalue weighted by molar-refractivity contribution is 6.21. The van der Waals surface area contributed by atoms with E-state index in [-0.39, 0.29) is 11.8 Å². The van der Waals surface area contributed by atoms with Crippen molar-refractivity contribution in [1.82, 2.24) is 4.90 Å². The summed E-state index contributed by atoms with van der Waals surface area (Å²) in [4.78, 5) is 26.6. The van der Waals surface area contributed by atoms with Crippen LogP contribution in [0.15, 0.2) is 48.5 Å². The summed E-state index contributed by atoms with van der Waals surface area (Å²) in [6.45, 7) is 4.88. The highest BCUT2D eigenvalue weighted by Crippen LogP contribution is 2.30. The van der Waals surface area contributed by atoms with Gasteiger partial charge >= 0.3 is 0 Å². The summed E-state index contributed by atoms with van der Waals surface area (Å²) in [6.07, 6.45) is 2.91. The third kappa shape index (κ3) is 4.21. The monoisotopic (exact) mass is 365 g/mol. The fraction of sp³-hybridized carbons (Fsp3) is 0.391. The number of hydrogen-bond donors (Lipinski definition) is 0. The molecule has 1 aliphatic heterocycles. The smallest absolute Gasteiger partial charge is 0.261 e. The lowest BCUT2D eigenvalue weighted by atomic mass is 9.88. The van der Waals surface area contributed by atoms with Gasteiger partial charge in [-0.05, 0) is 54.5 Å². The van der Waals surface area contributed by atoms with Gasteiger partial charge in [0, 0.05) is 6.54 Å². The molecule has 2 aromatic rings. The van der Waals surface area contributed by atoms with Gasteiger partial charge in [-0.1, -0.05) is 44.5 Å². The number of ether oxygens (including phenoxy) is 1. The minimum absolute atomic E-state index is 0.173. The molecule has 0 spiro atoms. The van der Waals surface area contributed by atoms with Gasteiger partial charge in [0.05, 0.1) is 18.2 Å². The largest absolute Gasteiger partial charge is 0.497 e. The third-order valence-corrected chi connectivity index (χ3v) is 5.26. The van der Waals surface area contributed by atoms with Gasteiger partial charge in [-0.25, -0.2) is 0 Å². The molecule has 1 aliphatic rings. The molecule has 0 bridgehead atoms. The van der Waals surface area contributed by atoms with E-state index >= 15 is 0 Å². The third-order valence-electron chi connectivity index (χ3n) is 5.26. The maximum absolute atomic E-state index is 12.6. The molecule has 2 aromatic carbocycles. The SMILES string of the molecule is COc1ccc([C@H](CCC(C)C)CCN2C(=O)c3ccccc3C2=O)cc1. The Balaban J connectivity index is 1.72. The fourth-order valence-corrected chi connectivity index (χ4v) is 3.62. The van der Waals surface area contributed by atoms with Gasteiger partial charge in [0.15, 0.2) is 0 Å². The van der Waals surface area contributed by atoms with E-state index in [4.69, 9.17) is 4.74 Å². The van der Waals surface area contributed by atoms with E-state index in [2.05, 4.69) is 26.0 Å². The number of benzene rings is 2. The number of carbonyl (C=O) groups is 2. The Morgan fingerprint density at radius 1 is 0.852 bits per heavy atom. The number of fused-ring (bicyclic) bond motifs is 1. The van der Waals surface area contributed by atoms with Gasteiger partial charge in [-0.2, -0.15) is 0 Å².